The van der Waals surface area contributed by atoms with Gasteiger partial charge < -0.3 is 0 Å². The number of fused-ring (bicyclic) bond motifs is 4. The molecule has 0 N–H and O–H groups in total. The van der Waals surface area contributed by atoms with E-state index in [0.29, 0.717) is 34.3 Å². The van der Waals surface area contributed by atoms with Crippen LogP contribution in [0.15, 0.2) is 358 Å². The van der Waals surface area contributed by atoms with E-state index < -0.39 is 18.1 Å². The SMILES string of the molecule is Brc1ccc(-c2nc(-c3ccc(-c4ccccc4)cc3)c3ncccc3n2)cc1.Brc1ccc(-c2nc(-c3cccc(-c4ccccc4)c3)c3ncccc3n2)cc1.Brc1ccc(-c2nc(-c3ccccc3)c3ncccc3n2)cc1.[2H]c1c([2H])c([2H])c(-c2nc(-c3ccc(Br)cc3)nc3cccnc23)c([2H])c1[2H]. The summed E-state index contributed by atoms with van der Waals surface area (Å²) in [5.74, 6) is 2.48. The number of aromatic nitrogens is 12. The topological polar surface area (TPSA) is 155 Å². The molecule has 0 amide bonds. The van der Waals surface area contributed by atoms with Crippen LogP contribution in [0.2, 0.25) is 0 Å². The van der Waals surface area contributed by atoms with Crippen molar-refractivity contribution in [2.24, 2.45) is 0 Å². The van der Waals surface area contributed by atoms with Crippen molar-refractivity contribution in [2.75, 3.05) is 0 Å². The molecule has 0 aliphatic carbocycles. The molecule has 0 radical (unpaired) electrons. The van der Waals surface area contributed by atoms with Gasteiger partial charge in [0.15, 0.2) is 23.3 Å². The van der Waals surface area contributed by atoms with E-state index in [1.165, 1.54) is 16.7 Å². The number of halogens is 4. The summed E-state index contributed by atoms with van der Waals surface area (Å²) in [7, 11) is 0. The van der Waals surface area contributed by atoms with Crippen molar-refractivity contribution in [1.82, 2.24) is 59.8 Å². The first-order chi connectivity index (χ1) is 53.2. The smallest absolute Gasteiger partial charge is 0.160 e. The standard InChI is InChI=1S/2C25H16BrN3.2C19H12BrN3/c26-21-13-11-18(12-14-21)25-28-22-10-5-15-27-24(22)23(29-25)20-9-4-8-19(16-20)17-6-2-1-3-7-17;26-21-14-12-20(13-15-21)25-28-22-7-4-16-27-24(22)23(29-25)19-10-8-18(9-11-19)17-5-2-1-3-6-17;2*20-15-10-8-14(9-11-15)19-22-16-7-4-12-21-18(16)17(23-19)13-5-2-1-3-6-13/h2*1-16H;2*1-12H/i;;1D,2D,3D,5D,6D;. The molecule has 8 aromatic heterocycles. The van der Waals surface area contributed by atoms with E-state index in [-0.39, 0.29) is 23.3 Å². The van der Waals surface area contributed by atoms with Crippen LogP contribution in [0.4, 0.5) is 0 Å². The van der Waals surface area contributed by atoms with Gasteiger partial charge in [0.05, 0.1) is 28.9 Å². The molecule has 0 aliphatic heterocycles. The molecule has 0 bridgehead atoms. The van der Waals surface area contributed by atoms with Crippen molar-refractivity contribution in [1.29, 1.82) is 0 Å². The van der Waals surface area contributed by atoms with E-state index in [0.717, 1.165) is 113 Å². The van der Waals surface area contributed by atoms with Crippen LogP contribution in [0, 0.1) is 0 Å². The van der Waals surface area contributed by atoms with Crippen molar-refractivity contribution in [3.63, 3.8) is 0 Å². The Morgan fingerprint density at radius 3 is 0.817 bits per heavy atom. The zero-order valence-electron chi connectivity index (χ0n) is 59.8. The van der Waals surface area contributed by atoms with Gasteiger partial charge in [0.25, 0.3) is 0 Å². The molecule has 496 valence electrons. The van der Waals surface area contributed by atoms with Crippen molar-refractivity contribution < 1.29 is 6.85 Å². The van der Waals surface area contributed by atoms with Crippen LogP contribution in [0.1, 0.15) is 6.85 Å². The van der Waals surface area contributed by atoms with Crippen molar-refractivity contribution >= 4 is 108 Å². The van der Waals surface area contributed by atoms with E-state index >= 15 is 0 Å². The second kappa shape index (κ2) is 32.0. The largest absolute Gasteiger partial charge is 0.252 e. The first-order valence-electron chi connectivity index (χ1n) is 35.2. The highest BCUT2D eigenvalue weighted by Crippen LogP contribution is 2.35. The third-order valence-electron chi connectivity index (χ3n) is 16.5. The summed E-state index contributed by atoms with van der Waals surface area (Å²) < 4.78 is 44.3. The Balaban J connectivity index is 0.000000116. The number of pyridine rings is 4. The normalized spacial score (nSPS) is 11.6. The predicted octanol–water partition coefficient (Wildman–Crippen LogP) is 23.8. The van der Waals surface area contributed by atoms with Crippen LogP contribution in [-0.2, 0) is 0 Å². The molecule has 0 atom stereocenters. The Bertz CT molecular complexity index is 6300. The Morgan fingerprint density at radius 1 is 0.202 bits per heavy atom. The fourth-order valence-electron chi connectivity index (χ4n) is 11.5. The summed E-state index contributed by atoms with van der Waals surface area (Å²) in [5.41, 5.74) is 20.0. The molecule has 16 heteroatoms. The summed E-state index contributed by atoms with van der Waals surface area (Å²) in [6, 6.07) is 92.4. The second-order valence-electron chi connectivity index (χ2n) is 23.4. The average molecular weight is 1610 g/mol. The molecule has 0 saturated heterocycles. The molecule has 0 spiro atoms. The molecule has 0 aliphatic rings. The fourth-order valence-corrected chi connectivity index (χ4v) is 12.5. The van der Waals surface area contributed by atoms with E-state index in [1.54, 1.807) is 36.9 Å². The monoisotopic (exact) mass is 1600 g/mol. The van der Waals surface area contributed by atoms with Crippen LogP contribution < -0.4 is 0 Å². The van der Waals surface area contributed by atoms with E-state index in [2.05, 4.69) is 196 Å². The summed E-state index contributed by atoms with van der Waals surface area (Å²) in [6.45, 7) is 0. The minimum Gasteiger partial charge on any atom is -0.252 e. The van der Waals surface area contributed by atoms with Gasteiger partial charge in [0.2, 0.25) is 0 Å². The molecule has 10 aromatic carbocycles. The average Bonchev–Trinajstić information content (AvgIpc) is 0.738. The molecule has 0 fully saturated rings. The summed E-state index contributed by atoms with van der Waals surface area (Å²) >= 11 is 13.8. The molecule has 104 heavy (non-hydrogen) atoms. The van der Waals surface area contributed by atoms with Gasteiger partial charge >= 0.3 is 0 Å². The maximum Gasteiger partial charge on any atom is 0.160 e. The maximum atomic E-state index is 8.28. The number of hydrogen-bond donors (Lipinski definition) is 0. The molecule has 18 aromatic rings. The Morgan fingerprint density at radius 2 is 0.462 bits per heavy atom. The highest BCUT2D eigenvalue weighted by atomic mass is 79.9. The van der Waals surface area contributed by atoms with Crippen molar-refractivity contribution in [3.8, 4) is 113 Å². The lowest BCUT2D eigenvalue weighted by atomic mass is 10.0. The van der Waals surface area contributed by atoms with Gasteiger partial charge in [-0.15, -0.1) is 0 Å². The zero-order chi connectivity index (χ0) is 74.9. The zero-order valence-corrected chi connectivity index (χ0v) is 61.2. The van der Waals surface area contributed by atoms with Crippen LogP contribution in [0.25, 0.3) is 157 Å². The summed E-state index contributed by atoms with van der Waals surface area (Å²) in [6.07, 6.45) is 6.91. The molecule has 0 saturated carbocycles. The highest BCUT2D eigenvalue weighted by Gasteiger charge is 2.18. The number of nitrogens with zero attached hydrogens (tertiary/aromatic N) is 12. The van der Waals surface area contributed by atoms with Gasteiger partial charge in [-0.2, -0.15) is 0 Å². The van der Waals surface area contributed by atoms with Gasteiger partial charge in [-0.3, -0.25) is 19.9 Å². The van der Waals surface area contributed by atoms with Gasteiger partial charge in [-0.25, -0.2) is 39.9 Å². The van der Waals surface area contributed by atoms with E-state index in [4.69, 9.17) is 31.8 Å². The van der Waals surface area contributed by atoms with E-state index in [1.807, 2.05) is 176 Å². The maximum absolute atomic E-state index is 8.28. The number of hydrogen-bond acceptors (Lipinski definition) is 12. The first-order valence-corrected chi connectivity index (χ1v) is 35.9. The predicted molar refractivity (Wildman–Crippen MR) is 434 cm³/mol. The lowest BCUT2D eigenvalue weighted by molar-refractivity contribution is 1.20. The highest BCUT2D eigenvalue weighted by molar-refractivity contribution is 9.11. The minimum absolute atomic E-state index is 0.00969. The van der Waals surface area contributed by atoms with Gasteiger partial charge in [0.1, 0.15) is 44.8 Å². The summed E-state index contributed by atoms with van der Waals surface area (Å²) in [5, 5.41) is 0. The Kier molecular flexibility index (Phi) is 19.0. The Hall–Kier alpha value is -11.9. The van der Waals surface area contributed by atoms with Gasteiger partial charge in [-0.1, -0.05) is 276 Å². The fraction of sp³-hybridized carbons (Fsp3) is 0. The van der Waals surface area contributed by atoms with Crippen LogP contribution in [0.3, 0.4) is 0 Å². The lowest BCUT2D eigenvalue weighted by Gasteiger charge is -2.10. The van der Waals surface area contributed by atoms with Gasteiger partial charge in [0, 0.05) is 87.2 Å². The van der Waals surface area contributed by atoms with Crippen LogP contribution in [-0.4, -0.2) is 59.8 Å². The van der Waals surface area contributed by atoms with E-state index in [9.17, 15) is 0 Å². The van der Waals surface area contributed by atoms with Crippen molar-refractivity contribution in [2.45, 2.75) is 0 Å². The third kappa shape index (κ3) is 15.9. The molecule has 12 nitrogen and oxygen atoms in total. The quantitative estimate of drug-likeness (QED) is 0.128. The minimum atomic E-state index is -0.446. The number of rotatable bonds is 10. The molecule has 18 rings (SSSR count). The Labute approximate surface area is 640 Å². The first kappa shape index (κ1) is 61.9. The molecule has 8 heterocycles. The lowest BCUT2D eigenvalue weighted by Crippen LogP contribution is -1.96. The number of benzene rings is 10. The second-order valence-corrected chi connectivity index (χ2v) is 27.0. The van der Waals surface area contributed by atoms with Crippen molar-refractivity contribution in [3.05, 3.63) is 358 Å². The molecular formula is C88H56Br4N12. The van der Waals surface area contributed by atoms with Gasteiger partial charge in [-0.05, 0) is 125 Å². The summed E-state index contributed by atoms with van der Waals surface area (Å²) in [4.78, 5) is 55.7. The molecular weight excluding hydrogens is 1540 g/mol. The van der Waals surface area contributed by atoms with Crippen LogP contribution in [0.5, 0.6) is 0 Å². The third-order valence-corrected chi connectivity index (χ3v) is 18.6. The molecule has 0 unspecified atom stereocenters. The van der Waals surface area contributed by atoms with Crippen LogP contribution >= 0.6 is 63.7 Å².